The number of carbonyl (C=O) groups is 1. The van der Waals surface area contributed by atoms with Crippen LogP contribution in [0.25, 0.3) is 0 Å². The van der Waals surface area contributed by atoms with Crippen LogP contribution in [0.2, 0.25) is 0 Å². The summed E-state index contributed by atoms with van der Waals surface area (Å²) < 4.78 is 11.6. The number of ether oxygens (including phenoxy) is 2. The number of benzene rings is 2. The van der Waals surface area contributed by atoms with Crippen LogP contribution in [0.3, 0.4) is 0 Å². The Morgan fingerprint density at radius 1 is 1.05 bits per heavy atom. The average molecular weight is 503 g/mol. The number of carbonyl (C=O) groups excluding carboxylic acids is 1. The van der Waals surface area contributed by atoms with Gasteiger partial charge in [-0.25, -0.2) is 4.79 Å². The van der Waals surface area contributed by atoms with Crippen LogP contribution in [0, 0.1) is 22.7 Å². The van der Waals surface area contributed by atoms with E-state index >= 15 is 0 Å². The van der Waals surface area contributed by atoms with E-state index in [1.807, 2.05) is 0 Å². The van der Waals surface area contributed by atoms with E-state index in [2.05, 4.69) is 12.1 Å². The third-order valence-corrected chi connectivity index (χ3v) is 5.65. The molecule has 37 heavy (non-hydrogen) atoms. The summed E-state index contributed by atoms with van der Waals surface area (Å²) in [5.41, 5.74) is 2.95. The molecule has 0 fully saturated rings. The van der Waals surface area contributed by atoms with Crippen molar-refractivity contribution in [1.29, 1.82) is 10.5 Å². The second-order valence-corrected chi connectivity index (χ2v) is 9.53. The largest absolute Gasteiger partial charge is 0.487 e. The van der Waals surface area contributed by atoms with Gasteiger partial charge in [0.2, 0.25) is 0 Å². The molecule has 9 nitrogen and oxygen atoms in total. The minimum atomic E-state index is -0.752. The van der Waals surface area contributed by atoms with Gasteiger partial charge in [-0.05, 0) is 75.2 Å². The molecule has 0 unspecified atom stereocenters. The van der Waals surface area contributed by atoms with E-state index in [1.165, 1.54) is 4.90 Å². The Labute approximate surface area is 216 Å². The van der Waals surface area contributed by atoms with Gasteiger partial charge >= 0.3 is 6.09 Å². The molecule has 1 heterocycles. The molecule has 3 rings (SSSR count). The molecule has 0 aromatic heterocycles. The normalized spacial score (nSPS) is 13.7. The van der Waals surface area contributed by atoms with Gasteiger partial charge in [-0.3, -0.25) is 15.2 Å². The van der Waals surface area contributed by atoms with E-state index in [-0.39, 0.29) is 26.3 Å². The number of nitrogens with zero attached hydrogens (tertiary/aromatic N) is 4. The SMILES string of the molecule is CC1=C(OCc2ccc(C#N)cc2)C(CO)=C(CN(C(=O)OC(C)(C)C)c2ccc(C#N)cc2)CN1O. The zero-order valence-corrected chi connectivity index (χ0v) is 21.4. The summed E-state index contributed by atoms with van der Waals surface area (Å²) in [5.74, 6) is 0.305. The minimum absolute atomic E-state index is 0.00474. The lowest BCUT2D eigenvalue weighted by Crippen LogP contribution is -2.41. The van der Waals surface area contributed by atoms with Gasteiger partial charge in [0.1, 0.15) is 18.0 Å². The number of anilines is 1. The Kier molecular flexibility index (Phi) is 8.56. The minimum Gasteiger partial charge on any atom is -0.487 e. The highest BCUT2D eigenvalue weighted by atomic mass is 16.6. The summed E-state index contributed by atoms with van der Waals surface area (Å²) in [6.45, 7) is 6.78. The number of rotatable bonds is 7. The van der Waals surface area contributed by atoms with Crippen LogP contribution < -0.4 is 4.90 Å². The molecule has 2 aromatic rings. The molecule has 1 aliphatic rings. The van der Waals surface area contributed by atoms with Crippen LogP contribution in [-0.2, 0) is 16.1 Å². The van der Waals surface area contributed by atoms with Gasteiger partial charge in [-0.1, -0.05) is 12.1 Å². The lowest BCUT2D eigenvalue weighted by Gasteiger charge is -2.33. The second kappa shape index (κ2) is 11.6. The fourth-order valence-electron chi connectivity index (χ4n) is 3.73. The maximum Gasteiger partial charge on any atom is 0.415 e. The number of hydrogen-bond acceptors (Lipinski definition) is 8. The number of nitriles is 2. The molecule has 1 aliphatic heterocycles. The highest BCUT2D eigenvalue weighted by Gasteiger charge is 2.30. The van der Waals surface area contributed by atoms with E-state index < -0.39 is 11.7 Å². The molecule has 0 aliphatic carbocycles. The monoisotopic (exact) mass is 502 g/mol. The predicted molar refractivity (Wildman–Crippen MR) is 136 cm³/mol. The third-order valence-electron chi connectivity index (χ3n) is 5.65. The molecule has 0 spiro atoms. The Morgan fingerprint density at radius 2 is 1.62 bits per heavy atom. The van der Waals surface area contributed by atoms with Crippen LogP contribution >= 0.6 is 0 Å². The number of aliphatic hydroxyl groups is 1. The van der Waals surface area contributed by atoms with Crippen LogP contribution in [0.5, 0.6) is 0 Å². The van der Waals surface area contributed by atoms with Gasteiger partial charge in [-0.15, -0.1) is 0 Å². The first-order chi connectivity index (χ1) is 17.6. The average Bonchev–Trinajstić information content (AvgIpc) is 2.87. The summed E-state index contributed by atoms with van der Waals surface area (Å²) in [7, 11) is 0. The summed E-state index contributed by atoms with van der Waals surface area (Å²) in [5, 5.41) is 40.1. The van der Waals surface area contributed by atoms with Crippen molar-refractivity contribution in [2.75, 3.05) is 24.6 Å². The number of hydrogen-bond donors (Lipinski definition) is 2. The van der Waals surface area contributed by atoms with Crippen molar-refractivity contribution >= 4 is 11.8 Å². The molecule has 2 aromatic carbocycles. The van der Waals surface area contributed by atoms with E-state index in [1.54, 1.807) is 76.2 Å². The van der Waals surface area contributed by atoms with Gasteiger partial charge in [0.15, 0.2) is 0 Å². The number of amides is 1. The first kappa shape index (κ1) is 27.3. The van der Waals surface area contributed by atoms with Crippen LogP contribution in [0.1, 0.15) is 44.4 Å². The van der Waals surface area contributed by atoms with Crippen LogP contribution in [-0.4, -0.2) is 46.8 Å². The maximum absolute atomic E-state index is 13.2. The summed E-state index contributed by atoms with van der Waals surface area (Å²) in [4.78, 5) is 14.6. The second-order valence-electron chi connectivity index (χ2n) is 9.53. The number of aliphatic hydroxyl groups excluding tert-OH is 1. The first-order valence-corrected chi connectivity index (χ1v) is 11.7. The van der Waals surface area contributed by atoms with E-state index in [4.69, 9.17) is 20.0 Å². The Morgan fingerprint density at radius 3 is 2.14 bits per heavy atom. The Balaban J connectivity index is 1.95. The molecule has 1 amide bonds. The lowest BCUT2D eigenvalue weighted by molar-refractivity contribution is -0.0556. The molecule has 9 heteroatoms. The summed E-state index contributed by atoms with van der Waals surface area (Å²) >= 11 is 0. The molecule has 0 radical (unpaired) electrons. The van der Waals surface area contributed by atoms with Crippen molar-refractivity contribution in [3.8, 4) is 12.1 Å². The molecule has 0 saturated carbocycles. The third kappa shape index (κ3) is 6.89. The molecule has 0 saturated heterocycles. The molecule has 0 bridgehead atoms. The summed E-state index contributed by atoms with van der Waals surface area (Å²) in [6, 6.07) is 17.5. The standard InChI is InChI=1S/C28H30N4O5/c1-19-26(36-18-22-7-5-20(13-29)6-8-22)25(17-33)23(16-32(19)35)15-31(27(34)37-28(2,3)4)24-11-9-21(14-30)10-12-24/h5-12,33,35H,15-18H2,1-4H3. The number of hydroxylamine groups is 2. The van der Waals surface area contributed by atoms with E-state index in [0.717, 1.165) is 10.6 Å². The fourth-order valence-corrected chi connectivity index (χ4v) is 3.73. The molecular weight excluding hydrogens is 472 g/mol. The van der Waals surface area contributed by atoms with Crippen molar-refractivity contribution in [1.82, 2.24) is 5.06 Å². The first-order valence-electron chi connectivity index (χ1n) is 11.7. The van der Waals surface area contributed by atoms with Gasteiger partial charge in [0, 0.05) is 11.3 Å². The van der Waals surface area contributed by atoms with E-state index in [0.29, 0.717) is 39.4 Å². The van der Waals surface area contributed by atoms with E-state index in [9.17, 15) is 15.1 Å². The highest BCUT2D eigenvalue weighted by Crippen LogP contribution is 2.30. The van der Waals surface area contributed by atoms with Gasteiger partial charge in [0.05, 0.1) is 48.7 Å². The van der Waals surface area contributed by atoms with Crippen molar-refractivity contribution in [2.45, 2.75) is 39.9 Å². The van der Waals surface area contributed by atoms with Gasteiger partial charge in [-0.2, -0.15) is 10.5 Å². The zero-order valence-electron chi connectivity index (χ0n) is 21.4. The lowest BCUT2D eigenvalue weighted by atomic mass is 10.0. The summed E-state index contributed by atoms with van der Waals surface area (Å²) in [6.07, 6.45) is -0.613. The van der Waals surface area contributed by atoms with Crippen LogP contribution in [0.15, 0.2) is 71.1 Å². The smallest absolute Gasteiger partial charge is 0.415 e. The Hall–Kier alpha value is -4.31. The Bertz CT molecular complexity index is 1280. The zero-order chi connectivity index (χ0) is 27.2. The predicted octanol–water partition coefficient (Wildman–Crippen LogP) is 4.61. The molecular formula is C28H30N4O5. The van der Waals surface area contributed by atoms with Crippen molar-refractivity contribution in [3.63, 3.8) is 0 Å². The van der Waals surface area contributed by atoms with Crippen molar-refractivity contribution < 1.29 is 24.6 Å². The quantitative estimate of drug-likeness (QED) is 0.561. The fraction of sp³-hybridized carbons (Fsp3) is 0.321. The van der Waals surface area contributed by atoms with Crippen LogP contribution in [0.4, 0.5) is 10.5 Å². The molecule has 0 atom stereocenters. The van der Waals surface area contributed by atoms with Gasteiger partial charge in [0.25, 0.3) is 0 Å². The molecule has 2 N–H and O–H groups in total. The van der Waals surface area contributed by atoms with Crippen molar-refractivity contribution in [2.24, 2.45) is 0 Å². The van der Waals surface area contributed by atoms with Gasteiger partial charge < -0.3 is 14.6 Å². The maximum atomic E-state index is 13.2. The topological polar surface area (TPSA) is 130 Å². The number of allylic oxidation sites excluding steroid dienone is 1. The van der Waals surface area contributed by atoms with Crippen molar-refractivity contribution in [3.05, 3.63) is 87.8 Å². The highest BCUT2D eigenvalue weighted by molar-refractivity contribution is 5.88. The molecule has 192 valence electrons.